The van der Waals surface area contributed by atoms with Gasteiger partial charge in [0.25, 0.3) is 0 Å². The van der Waals surface area contributed by atoms with Crippen LogP contribution in [0.25, 0.3) is 0 Å². The summed E-state index contributed by atoms with van der Waals surface area (Å²) in [6.07, 6.45) is 2.98. The van der Waals surface area contributed by atoms with E-state index in [-0.39, 0.29) is 0 Å². The van der Waals surface area contributed by atoms with Crippen molar-refractivity contribution in [2.24, 2.45) is 0 Å². The van der Waals surface area contributed by atoms with Gasteiger partial charge in [0, 0.05) is 5.92 Å². The van der Waals surface area contributed by atoms with Crippen molar-refractivity contribution in [1.29, 1.82) is 0 Å². The van der Waals surface area contributed by atoms with Crippen molar-refractivity contribution < 1.29 is 0 Å². The molecule has 4 heteroatoms. The summed E-state index contributed by atoms with van der Waals surface area (Å²) in [4.78, 5) is 9.15. The Bertz CT molecular complexity index is 628. The smallest absolute Gasteiger partial charge is 0.147 e. The van der Waals surface area contributed by atoms with Gasteiger partial charge in [-0.15, -0.1) is 0 Å². The number of hydrogen-bond donors (Lipinski definition) is 0. The van der Waals surface area contributed by atoms with Crippen LogP contribution in [0, 0.1) is 0 Å². The summed E-state index contributed by atoms with van der Waals surface area (Å²) < 4.78 is 0.840. The highest BCUT2D eigenvalue weighted by atomic mass is 79.9. The fourth-order valence-electron chi connectivity index (χ4n) is 2.53. The van der Waals surface area contributed by atoms with Crippen molar-refractivity contribution in [1.82, 2.24) is 9.97 Å². The molecule has 0 bridgehead atoms. The van der Waals surface area contributed by atoms with Crippen molar-refractivity contribution in [2.45, 2.75) is 32.1 Å². The molecule has 0 radical (unpaired) electrons. The molecule has 0 saturated carbocycles. The van der Waals surface area contributed by atoms with Crippen LogP contribution in [0.15, 0.2) is 28.7 Å². The maximum atomic E-state index is 6.21. The van der Waals surface area contributed by atoms with Crippen LogP contribution in [-0.2, 0) is 12.8 Å². The maximum Gasteiger partial charge on any atom is 0.147 e. The molecule has 19 heavy (non-hydrogen) atoms. The first-order valence-corrected chi connectivity index (χ1v) is 7.67. The Morgan fingerprint density at radius 1 is 1.32 bits per heavy atom. The highest BCUT2D eigenvalue weighted by Crippen LogP contribution is 2.39. The molecule has 0 saturated heterocycles. The van der Waals surface area contributed by atoms with Crippen molar-refractivity contribution in [3.63, 3.8) is 0 Å². The van der Waals surface area contributed by atoms with Crippen molar-refractivity contribution >= 4 is 27.5 Å². The summed E-state index contributed by atoms with van der Waals surface area (Å²) in [7, 11) is 0. The van der Waals surface area contributed by atoms with Crippen molar-refractivity contribution in [3.8, 4) is 0 Å². The Morgan fingerprint density at radius 3 is 2.84 bits per heavy atom. The van der Waals surface area contributed by atoms with Crippen LogP contribution >= 0.6 is 27.5 Å². The van der Waals surface area contributed by atoms with Gasteiger partial charge in [-0.2, -0.15) is 0 Å². The minimum Gasteiger partial charge on any atom is -0.236 e. The third-order valence-corrected chi connectivity index (χ3v) is 4.88. The van der Waals surface area contributed by atoms with Gasteiger partial charge in [0.2, 0.25) is 0 Å². The Morgan fingerprint density at radius 2 is 2.11 bits per heavy atom. The first-order valence-electron chi connectivity index (χ1n) is 6.50. The molecule has 0 N–H and O–H groups in total. The number of hydrogen-bond acceptors (Lipinski definition) is 2. The third kappa shape index (κ3) is 2.30. The van der Waals surface area contributed by atoms with E-state index in [4.69, 9.17) is 16.6 Å². The second-order valence-electron chi connectivity index (χ2n) is 4.84. The lowest BCUT2D eigenvalue weighted by Crippen LogP contribution is -2.21. The molecule has 0 aliphatic heterocycles. The summed E-state index contributed by atoms with van der Waals surface area (Å²) in [6.45, 7) is 2.14. The van der Waals surface area contributed by atoms with Crippen LogP contribution in [0.2, 0.25) is 5.15 Å². The molecule has 1 heterocycles. The van der Waals surface area contributed by atoms with Crippen LogP contribution in [0.1, 0.15) is 41.9 Å². The monoisotopic (exact) mass is 336 g/mol. The molecule has 2 nitrogen and oxygen atoms in total. The fraction of sp³-hybridized carbons (Fsp3) is 0.333. The molecule has 1 aromatic heterocycles. The lowest BCUT2D eigenvalue weighted by molar-refractivity contribution is 0.650. The van der Waals surface area contributed by atoms with E-state index in [1.165, 1.54) is 11.1 Å². The van der Waals surface area contributed by atoms with E-state index in [1.807, 2.05) is 0 Å². The minimum atomic E-state index is 0.303. The molecule has 1 aliphatic rings. The Labute approximate surface area is 126 Å². The van der Waals surface area contributed by atoms with Crippen molar-refractivity contribution in [3.05, 3.63) is 56.5 Å². The maximum absolute atomic E-state index is 6.21. The predicted octanol–water partition coefficient (Wildman–Crippen LogP) is 4.53. The molecule has 0 fully saturated rings. The first kappa shape index (κ1) is 13.1. The normalized spacial score (nSPS) is 16.9. The van der Waals surface area contributed by atoms with E-state index in [2.05, 4.69) is 52.1 Å². The molecule has 98 valence electrons. The summed E-state index contributed by atoms with van der Waals surface area (Å²) >= 11 is 9.69. The minimum absolute atomic E-state index is 0.303. The van der Waals surface area contributed by atoms with Gasteiger partial charge in [0.05, 0.1) is 10.2 Å². The number of benzene rings is 1. The summed E-state index contributed by atoms with van der Waals surface area (Å²) in [5.74, 6) is 1.16. The van der Waals surface area contributed by atoms with Crippen LogP contribution in [-0.4, -0.2) is 9.97 Å². The van der Waals surface area contributed by atoms with E-state index < -0.39 is 0 Å². The molecule has 1 unspecified atom stereocenters. The molecule has 0 spiro atoms. The first-order chi connectivity index (χ1) is 9.20. The Hall–Kier alpha value is -0.930. The predicted molar refractivity (Wildman–Crippen MR) is 80.7 cm³/mol. The average molecular weight is 338 g/mol. The quantitative estimate of drug-likeness (QED) is 0.769. The summed E-state index contributed by atoms with van der Waals surface area (Å²) in [5.41, 5.74) is 3.75. The van der Waals surface area contributed by atoms with Crippen LogP contribution in [0.4, 0.5) is 0 Å². The van der Waals surface area contributed by atoms with Gasteiger partial charge in [-0.1, -0.05) is 49.2 Å². The van der Waals surface area contributed by atoms with Crippen LogP contribution in [0.5, 0.6) is 0 Å². The van der Waals surface area contributed by atoms with Crippen LogP contribution in [0.3, 0.4) is 0 Å². The SMILES string of the molecule is CCCc1nc(C2Cc3ccccc32)nc(Cl)c1Br. The Balaban J connectivity index is 1.99. The molecular weight excluding hydrogens is 324 g/mol. The van der Waals surface area contributed by atoms with Gasteiger partial charge in [0.15, 0.2) is 0 Å². The number of nitrogens with zero attached hydrogens (tertiary/aromatic N) is 2. The zero-order chi connectivity index (χ0) is 13.4. The lowest BCUT2D eigenvalue weighted by Gasteiger charge is -2.29. The van der Waals surface area contributed by atoms with Gasteiger partial charge in [-0.05, 0) is 39.9 Å². The van der Waals surface area contributed by atoms with E-state index >= 15 is 0 Å². The zero-order valence-corrected chi connectivity index (χ0v) is 13.0. The lowest BCUT2D eigenvalue weighted by atomic mass is 9.77. The largest absolute Gasteiger partial charge is 0.236 e. The van der Waals surface area contributed by atoms with Crippen LogP contribution < -0.4 is 0 Å². The second kappa shape index (κ2) is 5.22. The third-order valence-electron chi connectivity index (χ3n) is 3.55. The highest BCUT2D eigenvalue weighted by Gasteiger charge is 2.30. The molecule has 0 amide bonds. The molecule has 1 aromatic carbocycles. The van der Waals surface area contributed by atoms with E-state index in [0.29, 0.717) is 11.1 Å². The van der Waals surface area contributed by atoms with Crippen molar-refractivity contribution in [2.75, 3.05) is 0 Å². The fourth-order valence-corrected chi connectivity index (χ4v) is 3.10. The number of fused-ring (bicyclic) bond motifs is 1. The van der Waals surface area contributed by atoms with E-state index in [1.54, 1.807) is 0 Å². The molecule has 2 aromatic rings. The van der Waals surface area contributed by atoms with E-state index in [0.717, 1.165) is 35.3 Å². The summed E-state index contributed by atoms with van der Waals surface area (Å²) in [5, 5.41) is 0.526. The number of rotatable bonds is 3. The average Bonchev–Trinajstić information content (AvgIpc) is 2.37. The van der Waals surface area contributed by atoms with Gasteiger partial charge in [-0.3, -0.25) is 0 Å². The number of aromatic nitrogens is 2. The highest BCUT2D eigenvalue weighted by molar-refractivity contribution is 9.10. The standard InChI is InChI=1S/C15H14BrClN2/c1-2-5-12-13(16)14(17)19-15(18-12)11-8-9-6-3-4-7-10(9)11/h3-4,6-7,11H,2,5,8H2,1H3. The number of aryl methyl sites for hydroxylation is 1. The van der Waals surface area contributed by atoms with Gasteiger partial charge in [0.1, 0.15) is 11.0 Å². The zero-order valence-electron chi connectivity index (χ0n) is 10.7. The van der Waals surface area contributed by atoms with Gasteiger partial charge in [-0.25, -0.2) is 9.97 Å². The van der Waals surface area contributed by atoms with Gasteiger partial charge >= 0.3 is 0 Å². The number of halogens is 2. The van der Waals surface area contributed by atoms with E-state index in [9.17, 15) is 0 Å². The second-order valence-corrected chi connectivity index (χ2v) is 5.99. The molecule has 1 aliphatic carbocycles. The Kier molecular flexibility index (Phi) is 3.59. The molecule has 1 atom stereocenters. The molecule has 3 rings (SSSR count). The summed E-state index contributed by atoms with van der Waals surface area (Å²) in [6, 6.07) is 8.47. The topological polar surface area (TPSA) is 25.8 Å². The van der Waals surface area contributed by atoms with Gasteiger partial charge < -0.3 is 0 Å². The molecular formula is C15H14BrClN2.